The second-order valence-electron chi connectivity index (χ2n) is 15.0. The van der Waals surface area contributed by atoms with Gasteiger partial charge in [0.05, 0.1) is 23.1 Å². The summed E-state index contributed by atoms with van der Waals surface area (Å²) in [5, 5.41) is 23.6. The molecule has 1 heterocycles. The van der Waals surface area contributed by atoms with E-state index in [1.807, 2.05) is 25.1 Å². The average Bonchev–Trinajstić information content (AvgIpc) is 3.47. The molecular formula is C37H47N3O8. The summed E-state index contributed by atoms with van der Waals surface area (Å²) in [6.45, 7) is 2.23. The lowest BCUT2D eigenvalue weighted by molar-refractivity contribution is -0.181. The van der Waals surface area contributed by atoms with Crippen LogP contribution < -0.4 is 10.6 Å². The van der Waals surface area contributed by atoms with E-state index in [4.69, 9.17) is 10.2 Å². The highest BCUT2D eigenvalue weighted by atomic mass is 16.3. The minimum absolute atomic E-state index is 0.00117. The van der Waals surface area contributed by atoms with Crippen molar-refractivity contribution < 1.29 is 38.6 Å². The third-order valence-corrected chi connectivity index (χ3v) is 11.6. The monoisotopic (exact) mass is 661 g/mol. The first-order chi connectivity index (χ1) is 22.7. The lowest BCUT2D eigenvalue weighted by Gasteiger charge is -2.52. The third kappa shape index (κ3) is 5.30. The number of nitrogens with zero attached hydrogens (tertiary/aromatic N) is 2. The van der Waals surface area contributed by atoms with Crippen LogP contribution in [-0.4, -0.2) is 84.0 Å². The van der Waals surface area contributed by atoms with Crippen molar-refractivity contribution in [2.75, 3.05) is 33.1 Å². The van der Waals surface area contributed by atoms with Crippen LogP contribution in [0.1, 0.15) is 73.6 Å². The second kappa shape index (κ2) is 12.6. The number of likely N-dealkylation sites (N-methyl/N-ethyl adjacent to an activating group) is 1. The number of phenols is 1. The molecule has 2 aromatic rings. The van der Waals surface area contributed by atoms with Gasteiger partial charge < -0.3 is 25.3 Å². The zero-order valence-electron chi connectivity index (χ0n) is 28.5. The predicted molar refractivity (Wildman–Crippen MR) is 177 cm³/mol. The number of carbonyl (C=O) groups excluding carboxylic acids is 5. The first-order valence-electron chi connectivity index (χ1n) is 17.2. The van der Waals surface area contributed by atoms with E-state index in [1.54, 1.807) is 26.2 Å². The summed E-state index contributed by atoms with van der Waals surface area (Å²) in [6, 6.07) is 4.34. The Bertz CT molecular complexity index is 1670. The molecule has 0 bridgehead atoms. The van der Waals surface area contributed by atoms with E-state index in [0.29, 0.717) is 28.5 Å². The van der Waals surface area contributed by atoms with Gasteiger partial charge in [0.25, 0.3) is 0 Å². The maximum atomic E-state index is 14.4. The molecule has 6 atom stereocenters. The molecular weight excluding hydrogens is 614 g/mol. The van der Waals surface area contributed by atoms with Crippen molar-refractivity contribution in [3.05, 3.63) is 35.1 Å². The summed E-state index contributed by atoms with van der Waals surface area (Å²) < 4.78 is 6.27. The van der Waals surface area contributed by atoms with E-state index in [9.17, 15) is 34.2 Å². The van der Waals surface area contributed by atoms with Gasteiger partial charge in [-0.2, -0.15) is 0 Å². The number of hydrogen-bond acceptors (Lipinski definition) is 10. The van der Waals surface area contributed by atoms with Gasteiger partial charge in [0.1, 0.15) is 17.3 Å². The van der Waals surface area contributed by atoms with Crippen molar-refractivity contribution in [1.29, 1.82) is 0 Å². The quantitative estimate of drug-likeness (QED) is 0.357. The van der Waals surface area contributed by atoms with Gasteiger partial charge in [0.15, 0.2) is 34.7 Å². The molecule has 4 aliphatic rings. The summed E-state index contributed by atoms with van der Waals surface area (Å²) in [7, 11) is 6.78. The first-order valence-corrected chi connectivity index (χ1v) is 17.2. The zero-order valence-corrected chi connectivity index (χ0v) is 28.5. The largest absolute Gasteiger partial charge is 0.506 e. The summed E-state index contributed by atoms with van der Waals surface area (Å²) in [4.78, 5) is 71.1. The van der Waals surface area contributed by atoms with Crippen molar-refractivity contribution in [3.63, 3.8) is 0 Å². The summed E-state index contributed by atoms with van der Waals surface area (Å²) in [6.07, 6.45) is 8.22. The van der Waals surface area contributed by atoms with Gasteiger partial charge in [-0.15, -0.1) is 0 Å². The van der Waals surface area contributed by atoms with Crippen LogP contribution in [0.25, 0.3) is 11.3 Å². The predicted octanol–water partition coefficient (Wildman–Crippen LogP) is 3.34. The molecule has 4 aliphatic carbocycles. The van der Waals surface area contributed by atoms with Crippen LogP contribution in [0.15, 0.2) is 22.6 Å². The molecule has 0 saturated heterocycles. The number of Topliss-reactive ketones (excluding diaryl/α,β-unsaturated/α-hetero) is 4. The van der Waals surface area contributed by atoms with Gasteiger partial charge in [-0.25, -0.2) is 0 Å². The molecule has 0 spiro atoms. The third-order valence-electron chi connectivity index (χ3n) is 11.6. The highest BCUT2D eigenvalue weighted by Gasteiger charge is 2.69. The van der Waals surface area contributed by atoms with Gasteiger partial charge in [-0.05, 0) is 81.3 Å². The van der Waals surface area contributed by atoms with Crippen molar-refractivity contribution in [3.8, 4) is 17.1 Å². The maximum absolute atomic E-state index is 14.4. The number of anilines is 1. The number of carbonyl (C=O) groups is 5. The Kier molecular flexibility index (Phi) is 8.91. The maximum Gasteiger partial charge on any atom is 0.235 e. The van der Waals surface area contributed by atoms with Gasteiger partial charge in [0, 0.05) is 32.1 Å². The van der Waals surface area contributed by atoms with Crippen LogP contribution in [-0.2, 0) is 32.0 Å². The number of phenolic OH excluding ortho intramolecular Hbond substituents is 1. The minimum atomic E-state index is -2.76. The number of furan rings is 1. The fourth-order valence-electron chi connectivity index (χ4n) is 9.29. The Hall–Kier alpha value is -3.83. The van der Waals surface area contributed by atoms with Crippen molar-refractivity contribution >= 4 is 34.7 Å². The molecule has 3 fully saturated rings. The summed E-state index contributed by atoms with van der Waals surface area (Å²) >= 11 is 0. The number of fused-ring (bicyclic) bond motifs is 3. The van der Waals surface area contributed by atoms with E-state index in [2.05, 4.69) is 6.92 Å². The number of primary amides is 1. The molecule has 258 valence electrons. The molecule has 0 aliphatic heterocycles. The Morgan fingerprint density at radius 2 is 1.69 bits per heavy atom. The number of amides is 1. The average molecular weight is 662 g/mol. The van der Waals surface area contributed by atoms with Crippen molar-refractivity contribution in [2.45, 2.75) is 76.4 Å². The number of aromatic hydroxyl groups is 1. The van der Waals surface area contributed by atoms with Crippen LogP contribution >= 0.6 is 0 Å². The smallest absolute Gasteiger partial charge is 0.235 e. The van der Waals surface area contributed by atoms with Crippen LogP contribution in [0, 0.1) is 35.5 Å². The number of benzene rings is 1. The second-order valence-corrected chi connectivity index (χ2v) is 15.0. The molecule has 6 rings (SSSR count). The van der Waals surface area contributed by atoms with E-state index in [-0.39, 0.29) is 24.2 Å². The number of nitrogens with two attached hydrogens (primary N) is 1. The first kappa shape index (κ1) is 34.0. The Morgan fingerprint density at radius 1 is 1.02 bits per heavy atom. The fourth-order valence-corrected chi connectivity index (χ4v) is 9.29. The molecule has 3 unspecified atom stereocenters. The number of ketones is 4. The van der Waals surface area contributed by atoms with E-state index in [1.165, 1.54) is 30.6 Å². The van der Waals surface area contributed by atoms with Gasteiger partial charge in [0.2, 0.25) is 5.91 Å². The van der Waals surface area contributed by atoms with Gasteiger partial charge in [-0.1, -0.05) is 32.6 Å². The van der Waals surface area contributed by atoms with Crippen LogP contribution in [0.4, 0.5) is 5.69 Å². The van der Waals surface area contributed by atoms with Crippen LogP contribution in [0.3, 0.4) is 0 Å². The van der Waals surface area contributed by atoms with E-state index < -0.39 is 64.4 Å². The molecule has 0 radical (unpaired) electrons. The Balaban J connectivity index is 1.36. The molecule has 3 saturated carbocycles. The number of hydrogen-bond donors (Lipinski definition) is 3. The topological polar surface area (TPSA) is 171 Å². The summed E-state index contributed by atoms with van der Waals surface area (Å²) in [5.41, 5.74) is 4.14. The Morgan fingerprint density at radius 3 is 2.29 bits per heavy atom. The van der Waals surface area contributed by atoms with Crippen LogP contribution in [0.5, 0.6) is 5.75 Å². The van der Waals surface area contributed by atoms with Gasteiger partial charge >= 0.3 is 0 Å². The SMILES string of the molecule is CCCC1CCC(Cc2ccc(-c3cc(N(C)C)c4c(c3O)C(=O)C3C(=O)[C@@]5(O)C(=O)C(C(N)=O)C(=O)C(N(C)C)[C@H]5C[C@H]3C4)o2)CC1. The minimum Gasteiger partial charge on any atom is -0.506 e. The lowest BCUT2D eigenvalue weighted by Crippen LogP contribution is -2.74. The lowest BCUT2D eigenvalue weighted by atomic mass is 9.52. The summed E-state index contributed by atoms with van der Waals surface area (Å²) in [5.74, 6) is -8.15. The molecule has 48 heavy (non-hydrogen) atoms. The Labute approximate surface area is 280 Å². The molecule has 11 heteroatoms. The molecule has 4 N–H and O–H groups in total. The molecule has 1 amide bonds. The normalized spacial score (nSPS) is 31.8. The van der Waals surface area contributed by atoms with E-state index in [0.717, 1.165) is 30.9 Å². The molecule has 1 aromatic heterocycles. The van der Waals surface area contributed by atoms with Crippen molar-refractivity contribution in [1.82, 2.24) is 4.90 Å². The molecule has 11 nitrogen and oxygen atoms in total. The standard InChI is InChI=1S/C37H47N3O8/c1-6-7-18-8-10-19(11-9-18)14-21-12-13-26(48-21)23-17-25(39(2)3)22-15-20-16-24-30(40(4)5)33(43)29(36(38)46)35(45)37(24,47)34(44)27(20)32(42)28(22)31(23)41/h12-13,17-20,24,27,29-30,41,47H,6-11,14-16H2,1-5H3,(H2,38,46)/t18?,19?,20-,24-,27?,29?,30?,37-/m1/s1. The highest BCUT2D eigenvalue weighted by molar-refractivity contribution is 6.32. The fraction of sp³-hybridized carbons (Fsp3) is 0.595. The molecule has 1 aromatic carbocycles. The highest BCUT2D eigenvalue weighted by Crippen LogP contribution is 2.53. The van der Waals surface area contributed by atoms with Gasteiger partial charge in [-0.3, -0.25) is 28.9 Å². The van der Waals surface area contributed by atoms with Crippen LogP contribution in [0.2, 0.25) is 0 Å². The van der Waals surface area contributed by atoms with E-state index >= 15 is 0 Å². The number of rotatable bonds is 8. The number of aliphatic hydroxyl groups is 1. The van der Waals surface area contributed by atoms with Crippen molar-refractivity contribution in [2.24, 2.45) is 41.2 Å². The zero-order chi connectivity index (χ0) is 34.8.